The molecule has 1 aromatic carbocycles. The highest BCUT2D eigenvalue weighted by atomic mass is 16.6. The summed E-state index contributed by atoms with van der Waals surface area (Å²) in [6, 6.07) is 7.19. The maximum absolute atomic E-state index is 12.4. The Bertz CT molecular complexity index is 821. The molecule has 1 aliphatic rings. The van der Waals surface area contributed by atoms with Gasteiger partial charge in [0.2, 0.25) is 0 Å². The van der Waals surface area contributed by atoms with Crippen molar-refractivity contribution in [2.45, 2.75) is 31.2 Å². The second-order valence-electron chi connectivity index (χ2n) is 5.97. The zero-order chi connectivity index (χ0) is 18.0. The number of amides is 1. The number of hydrogen-bond acceptors (Lipinski definition) is 5. The van der Waals surface area contributed by atoms with Crippen LogP contribution < -0.4 is 5.32 Å². The lowest BCUT2D eigenvalue weighted by Gasteiger charge is -2.24. The fourth-order valence-electron chi connectivity index (χ4n) is 2.97. The maximum atomic E-state index is 12.4. The minimum Gasteiger partial charge on any atom is -0.480 e. The zero-order valence-corrected chi connectivity index (χ0v) is 13.2. The average Bonchev–Trinajstić information content (AvgIpc) is 3.25. The number of carboxylic acid groups (broad SMARTS) is 1. The van der Waals surface area contributed by atoms with E-state index in [1.165, 1.54) is 41.2 Å². The molecule has 1 heterocycles. The van der Waals surface area contributed by atoms with Gasteiger partial charge in [-0.05, 0) is 31.0 Å². The van der Waals surface area contributed by atoms with Gasteiger partial charge in [0.1, 0.15) is 5.54 Å². The Labute approximate surface area is 142 Å². The van der Waals surface area contributed by atoms with Gasteiger partial charge in [-0.3, -0.25) is 14.9 Å². The summed E-state index contributed by atoms with van der Waals surface area (Å²) in [4.78, 5) is 34.0. The minimum absolute atomic E-state index is 0.0430. The molecule has 0 unspecified atom stereocenters. The first kappa shape index (κ1) is 16.6. The van der Waals surface area contributed by atoms with Gasteiger partial charge in [-0.1, -0.05) is 12.8 Å². The fraction of sp³-hybridized carbons (Fsp3) is 0.312. The third-order valence-corrected chi connectivity index (χ3v) is 4.37. The number of aromatic nitrogens is 2. The molecule has 25 heavy (non-hydrogen) atoms. The van der Waals surface area contributed by atoms with Crippen molar-refractivity contribution in [1.82, 2.24) is 15.1 Å². The Balaban J connectivity index is 1.77. The largest absolute Gasteiger partial charge is 0.480 e. The molecule has 1 aromatic heterocycles. The second-order valence-corrected chi connectivity index (χ2v) is 5.97. The number of non-ortho nitro benzene ring substituents is 1. The normalized spacial score (nSPS) is 15.7. The Morgan fingerprint density at radius 3 is 2.40 bits per heavy atom. The van der Waals surface area contributed by atoms with E-state index in [4.69, 9.17) is 0 Å². The Morgan fingerprint density at radius 1 is 1.20 bits per heavy atom. The number of carboxylic acids is 1. The van der Waals surface area contributed by atoms with Crippen LogP contribution in [-0.2, 0) is 4.79 Å². The number of carbonyl (C=O) groups excluding carboxylic acids is 1. The first-order valence-electron chi connectivity index (χ1n) is 7.78. The van der Waals surface area contributed by atoms with Gasteiger partial charge in [-0.15, -0.1) is 0 Å². The van der Waals surface area contributed by atoms with Gasteiger partial charge in [0.15, 0.2) is 5.69 Å². The molecular formula is C16H16N4O5. The molecular weight excluding hydrogens is 328 g/mol. The molecule has 2 aromatic rings. The van der Waals surface area contributed by atoms with Crippen molar-refractivity contribution >= 4 is 17.6 Å². The van der Waals surface area contributed by atoms with Crippen LogP contribution >= 0.6 is 0 Å². The van der Waals surface area contributed by atoms with Crippen molar-refractivity contribution in [3.63, 3.8) is 0 Å². The Kier molecular flexibility index (Phi) is 4.22. The van der Waals surface area contributed by atoms with Gasteiger partial charge in [-0.2, -0.15) is 5.10 Å². The van der Waals surface area contributed by atoms with Crippen LogP contribution in [0.3, 0.4) is 0 Å². The van der Waals surface area contributed by atoms with Crippen LogP contribution in [0.2, 0.25) is 0 Å². The molecule has 0 radical (unpaired) electrons. The quantitative estimate of drug-likeness (QED) is 0.630. The number of nitro benzene ring substituents is 1. The van der Waals surface area contributed by atoms with E-state index in [1.54, 1.807) is 0 Å². The summed E-state index contributed by atoms with van der Waals surface area (Å²) in [7, 11) is 0. The lowest BCUT2D eigenvalue weighted by Crippen LogP contribution is -2.52. The molecule has 0 aliphatic heterocycles. The molecule has 0 bridgehead atoms. The van der Waals surface area contributed by atoms with Gasteiger partial charge in [-0.25, -0.2) is 9.48 Å². The van der Waals surface area contributed by atoms with E-state index in [0.717, 1.165) is 12.8 Å². The highest BCUT2D eigenvalue weighted by molar-refractivity contribution is 5.96. The molecule has 3 rings (SSSR count). The number of carbonyl (C=O) groups is 2. The van der Waals surface area contributed by atoms with E-state index < -0.39 is 22.3 Å². The van der Waals surface area contributed by atoms with Crippen molar-refractivity contribution in [3.05, 3.63) is 52.3 Å². The van der Waals surface area contributed by atoms with Gasteiger partial charge < -0.3 is 10.4 Å². The number of benzene rings is 1. The molecule has 1 fully saturated rings. The summed E-state index contributed by atoms with van der Waals surface area (Å²) in [5.41, 5.74) is -0.628. The predicted octanol–water partition coefficient (Wildman–Crippen LogP) is 1.91. The zero-order valence-electron chi connectivity index (χ0n) is 13.2. The molecule has 2 N–H and O–H groups in total. The van der Waals surface area contributed by atoms with Crippen molar-refractivity contribution < 1.29 is 19.6 Å². The van der Waals surface area contributed by atoms with E-state index in [2.05, 4.69) is 10.4 Å². The third-order valence-electron chi connectivity index (χ3n) is 4.37. The smallest absolute Gasteiger partial charge is 0.329 e. The first-order valence-corrected chi connectivity index (χ1v) is 7.78. The number of aliphatic carboxylic acids is 1. The average molecular weight is 344 g/mol. The number of nitrogens with one attached hydrogen (secondary N) is 1. The van der Waals surface area contributed by atoms with Crippen LogP contribution in [0.15, 0.2) is 36.5 Å². The van der Waals surface area contributed by atoms with E-state index in [0.29, 0.717) is 18.5 Å². The monoisotopic (exact) mass is 344 g/mol. The first-order chi connectivity index (χ1) is 11.9. The van der Waals surface area contributed by atoms with E-state index in [9.17, 15) is 24.8 Å². The SMILES string of the molecule is O=C(NC1(C(=O)O)CCCC1)c1ccn(-c2ccc([N+](=O)[O-])cc2)n1. The lowest BCUT2D eigenvalue weighted by molar-refractivity contribution is -0.384. The summed E-state index contributed by atoms with van der Waals surface area (Å²) in [6.45, 7) is 0. The number of rotatable bonds is 5. The van der Waals surface area contributed by atoms with Crippen LogP contribution in [0.1, 0.15) is 36.2 Å². The van der Waals surface area contributed by atoms with Crippen molar-refractivity contribution in [2.24, 2.45) is 0 Å². The number of nitrogens with zero attached hydrogens (tertiary/aromatic N) is 3. The van der Waals surface area contributed by atoms with Crippen LogP contribution in [0.5, 0.6) is 0 Å². The lowest BCUT2D eigenvalue weighted by atomic mass is 9.97. The summed E-state index contributed by atoms with van der Waals surface area (Å²) >= 11 is 0. The summed E-state index contributed by atoms with van der Waals surface area (Å²) in [6.07, 6.45) is 3.85. The predicted molar refractivity (Wildman–Crippen MR) is 86.5 cm³/mol. The summed E-state index contributed by atoms with van der Waals surface area (Å²) in [5.74, 6) is -1.59. The summed E-state index contributed by atoms with van der Waals surface area (Å²) in [5, 5.41) is 26.8. The van der Waals surface area contributed by atoms with Crippen molar-refractivity contribution in [2.75, 3.05) is 0 Å². The molecule has 9 nitrogen and oxygen atoms in total. The minimum atomic E-state index is -1.23. The van der Waals surface area contributed by atoms with Gasteiger partial charge in [0.05, 0.1) is 10.6 Å². The van der Waals surface area contributed by atoms with Crippen LogP contribution in [0.25, 0.3) is 5.69 Å². The molecule has 0 spiro atoms. The molecule has 130 valence electrons. The van der Waals surface area contributed by atoms with Crippen LogP contribution in [0, 0.1) is 10.1 Å². The number of nitro groups is 1. The highest BCUT2D eigenvalue weighted by Gasteiger charge is 2.43. The van der Waals surface area contributed by atoms with E-state index >= 15 is 0 Å². The fourth-order valence-corrected chi connectivity index (χ4v) is 2.97. The van der Waals surface area contributed by atoms with Crippen molar-refractivity contribution in [1.29, 1.82) is 0 Å². The molecule has 1 aliphatic carbocycles. The molecule has 9 heteroatoms. The van der Waals surface area contributed by atoms with E-state index in [-0.39, 0.29) is 11.4 Å². The van der Waals surface area contributed by atoms with Crippen molar-refractivity contribution in [3.8, 4) is 5.69 Å². The molecule has 1 amide bonds. The maximum Gasteiger partial charge on any atom is 0.329 e. The van der Waals surface area contributed by atoms with Gasteiger partial charge in [0, 0.05) is 18.3 Å². The summed E-state index contributed by atoms with van der Waals surface area (Å²) < 4.78 is 1.40. The Hall–Kier alpha value is -3.23. The topological polar surface area (TPSA) is 127 Å². The van der Waals surface area contributed by atoms with Gasteiger partial charge in [0.25, 0.3) is 11.6 Å². The molecule has 1 saturated carbocycles. The van der Waals surface area contributed by atoms with Gasteiger partial charge >= 0.3 is 5.97 Å². The molecule has 0 saturated heterocycles. The third kappa shape index (κ3) is 3.21. The second kappa shape index (κ2) is 6.34. The standard InChI is InChI=1S/C16H16N4O5/c21-14(17-16(15(22)23)8-1-2-9-16)13-7-10-19(18-13)11-3-5-12(6-4-11)20(24)25/h3-7,10H,1-2,8-9H2,(H,17,21)(H,22,23). The van der Waals surface area contributed by atoms with E-state index in [1.807, 2.05) is 0 Å². The Morgan fingerprint density at radius 2 is 1.84 bits per heavy atom. The highest BCUT2D eigenvalue weighted by Crippen LogP contribution is 2.30. The van der Waals surface area contributed by atoms with Crippen LogP contribution in [0.4, 0.5) is 5.69 Å². The number of hydrogen-bond donors (Lipinski definition) is 2. The van der Waals surface area contributed by atoms with Crippen LogP contribution in [-0.4, -0.2) is 37.2 Å². The molecule has 0 atom stereocenters.